The molecule has 2 rings (SSSR count). The smallest absolute Gasteiger partial charge is 0.295 e. The predicted molar refractivity (Wildman–Crippen MR) is 67.1 cm³/mol. The number of nitrogens with zero attached hydrogens (tertiary/aromatic N) is 3. The minimum Gasteiger partial charge on any atom is -0.369 e. The maximum atomic E-state index is 13.7. The lowest BCUT2D eigenvalue weighted by molar-refractivity contribution is -0.384. The molecule has 0 saturated carbocycles. The number of hydrogen-bond acceptors (Lipinski definition) is 5. The van der Waals surface area contributed by atoms with Crippen LogP contribution in [0.2, 0.25) is 0 Å². The van der Waals surface area contributed by atoms with Crippen LogP contribution in [0.25, 0.3) is 0 Å². The van der Waals surface area contributed by atoms with Crippen molar-refractivity contribution in [3.8, 4) is 0 Å². The number of benzene rings is 1. The van der Waals surface area contributed by atoms with E-state index in [9.17, 15) is 18.9 Å². The van der Waals surface area contributed by atoms with Gasteiger partial charge in [0.1, 0.15) is 0 Å². The highest BCUT2D eigenvalue weighted by Gasteiger charge is 2.23. The lowest BCUT2D eigenvalue weighted by Crippen LogP contribution is -2.12. The fraction of sp³-hybridized carbons (Fsp3) is 0.167. The van der Waals surface area contributed by atoms with Crippen molar-refractivity contribution in [2.45, 2.75) is 13.0 Å². The fourth-order valence-corrected chi connectivity index (χ4v) is 1.65. The molecule has 0 aliphatic rings. The van der Waals surface area contributed by atoms with E-state index in [1.807, 2.05) is 0 Å². The Labute approximate surface area is 112 Å². The molecule has 0 radical (unpaired) electrons. The first-order valence-corrected chi connectivity index (χ1v) is 5.65. The van der Waals surface area contributed by atoms with Crippen molar-refractivity contribution in [2.75, 3.05) is 5.32 Å². The Hall–Kier alpha value is -2.64. The van der Waals surface area contributed by atoms with E-state index in [0.29, 0.717) is 11.8 Å². The number of hydrogen-bond donors (Lipinski definition) is 1. The monoisotopic (exact) mass is 280 g/mol. The molecule has 1 heterocycles. The van der Waals surface area contributed by atoms with Gasteiger partial charge in [0.25, 0.3) is 5.69 Å². The average Bonchev–Trinajstić information content (AvgIpc) is 2.44. The van der Waals surface area contributed by atoms with Crippen molar-refractivity contribution in [3.63, 3.8) is 0 Å². The van der Waals surface area contributed by atoms with Gasteiger partial charge in [0.05, 0.1) is 22.9 Å². The molecule has 0 aliphatic carbocycles. The molecule has 8 heteroatoms. The van der Waals surface area contributed by atoms with Crippen molar-refractivity contribution < 1.29 is 13.7 Å². The van der Waals surface area contributed by atoms with Gasteiger partial charge in [-0.3, -0.25) is 20.1 Å². The Morgan fingerprint density at radius 2 is 2.10 bits per heavy atom. The largest absolute Gasteiger partial charge is 0.369 e. The van der Waals surface area contributed by atoms with E-state index in [1.54, 1.807) is 6.92 Å². The van der Waals surface area contributed by atoms with Crippen molar-refractivity contribution in [1.29, 1.82) is 0 Å². The molecule has 0 saturated heterocycles. The van der Waals surface area contributed by atoms with Crippen LogP contribution < -0.4 is 5.32 Å². The second kappa shape index (κ2) is 5.55. The van der Waals surface area contributed by atoms with Gasteiger partial charge in [0.15, 0.2) is 17.3 Å². The Morgan fingerprint density at radius 3 is 2.70 bits per heavy atom. The van der Waals surface area contributed by atoms with Crippen molar-refractivity contribution in [1.82, 2.24) is 9.97 Å². The molecule has 2 aromatic rings. The summed E-state index contributed by atoms with van der Waals surface area (Å²) in [6.07, 6.45) is 4.33. The number of aromatic nitrogens is 2. The zero-order valence-corrected chi connectivity index (χ0v) is 10.4. The van der Waals surface area contributed by atoms with Gasteiger partial charge in [-0.15, -0.1) is 0 Å². The maximum absolute atomic E-state index is 13.7. The van der Waals surface area contributed by atoms with Crippen LogP contribution in [0.3, 0.4) is 0 Å². The number of nitro benzene ring substituents is 1. The number of halogens is 2. The summed E-state index contributed by atoms with van der Waals surface area (Å²) in [5, 5.41) is 13.4. The van der Waals surface area contributed by atoms with E-state index in [-0.39, 0.29) is 0 Å². The van der Waals surface area contributed by atoms with Crippen molar-refractivity contribution in [3.05, 3.63) is 58.2 Å². The van der Waals surface area contributed by atoms with Gasteiger partial charge >= 0.3 is 0 Å². The van der Waals surface area contributed by atoms with Gasteiger partial charge in [-0.2, -0.15) is 0 Å². The van der Waals surface area contributed by atoms with Gasteiger partial charge in [0.2, 0.25) is 0 Å². The molecule has 104 valence electrons. The van der Waals surface area contributed by atoms with Gasteiger partial charge in [-0.05, 0) is 13.0 Å². The highest BCUT2D eigenvalue weighted by atomic mass is 19.2. The molecule has 20 heavy (non-hydrogen) atoms. The van der Waals surface area contributed by atoms with Crippen LogP contribution in [0.15, 0.2) is 30.7 Å². The molecule has 0 amide bonds. The highest BCUT2D eigenvalue weighted by molar-refractivity contribution is 5.63. The summed E-state index contributed by atoms with van der Waals surface area (Å²) >= 11 is 0. The Bertz CT molecular complexity index is 637. The molecule has 1 aromatic heterocycles. The second-order valence-electron chi connectivity index (χ2n) is 4.01. The third-order valence-electron chi connectivity index (χ3n) is 2.66. The number of nitro groups is 1. The molecule has 6 nitrogen and oxygen atoms in total. The fourth-order valence-electron chi connectivity index (χ4n) is 1.65. The average molecular weight is 280 g/mol. The van der Waals surface area contributed by atoms with Gasteiger partial charge in [-0.1, -0.05) is 0 Å². The molecule has 0 bridgehead atoms. The van der Waals surface area contributed by atoms with Crippen LogP contribution in [0, 0.1) is 21.7 Å². The summed E-state index contributed by atoms with van der Waals surface area (Å²) in [6, 6.07) is 1.05. The molecular formula is C12H10F2N4O2. The topological polar surface area (TPSA) is 81.0 Å². The van der Waals surface area contributed by atoms with Crippen LogP contribution in [-0.2, 0) is 0 Å². The number of nitrogens with one attached hydrogen (secondary N) is 1. The lowest BCUT2D eigenvalue weighted by Gasteiger charge is -2.15. The van der Waals surface area contributed by atoms with Crippen LogP contribution in [0.1, 0.15) is 18.7 Å². The van der Waals surface area contributed by atoms with E-state index >= 15 is 0 Å². The molecule has 1 aromatic carbocycles. The summed E-state index contributed by atoms with van der Waals surface area (Å²) in [7, 11) is 0. The van der Waals surface area contributed by atoms with Gasteiger partial charge < -0.3 is 5.32 Å². The van der Waals surface area contributed by atoms with E-state index in [1.165, 1.54) is 18.6 Å². The van der Waals surface area contributed by atoms with E-state index in [2.05, 4.69) is 15.3 Å². The Morgan fingerprint density at radius 1 is 1.35 bits per heavy atom. The van der Waals surface area contributed by atoms with Crippen molar-refractivity contribution in [2.24, 2.45) is 0 Å². The maximum Gasteiger partial charge on any atom is 0.295 e. The van der Waals surface area contributed by atoms with Crippen LogP contribution >= 0.6 is 0 Å². The molecule has 0 aliphatic heterocycles. The third kappa shape index (κ3) is 2.68. The van der Waals surface area contributed by atoms with Gasteiger partial charge in [-0.25, -0.2) is 8.78 Å². The standard InChI is InChI=1S/C12H10F2N4O2/c1-7(9-6-15-4-5-16-9)17-12-10(18(19)20)3-2-8(13)11(12)14/h2-7,17H,1H3. The SMILES string of the molecule is CC(Nc1c([N+](=O)[O-])ccc(F)c1F)c1cnccn1. The highest BCUT2D eigenvalue weighted by Crippen LogP contribution is 2.31. The first-order valence-electron chi connectivity index (χ1n) is 5.65. The second-order valence-corrected chi connectivity index (χ2v) is 4.01. The number of anilines is 1. The summed E-state index contributed by atoms with van der Waals surface area (Å²) < 4.78 is 26.9. The minimum atomic E-state index is -1.30. The first-order chi connectivity index (χ1) is 9.50. The minimum absolute atomic E-state index is 0.449. The summed E-state index contributed by atoms with van der Waals surface area (Å²) in [4.78, 5) is 17.9. The van der Waals surface area contributed by atoms with Gasteiger partial charge in [0, 0.05) is 18.5 Å². The first kappa shape index (κ1) is 13.8. The summed E-state index contributed by atoms with van der Waals surface area (Å²) in [6.45, 7) is 1.61. The van der Waals surface area contributed by atoms with Crippen LogP contribution in [0.4, 0.5) is 20.2 Å². The quantitative estimate of drug-likeness (QED) is 0.688. The predicted octanol–water partition coefficient (Wildman–Crippen LogP) is 2.84. The molecule has 1 unspecified atom stereocenters. The normalized spacial score (nSPS) is 11.9. The Balaban J connectivity index is 2.38. The Kier molecular flexibility index (Phi) is 3.83. The van der Waals surface area contributed by atoms with E-state index in [4.69, 9.17) is 0 Å². The van der Waals surface area contributed by atoms with E-state index < -0.39 is 34.0 Å². The number of rotatable bonds is 4. The lowest BCUT2D eigenvalue weighted by atomic mass is 10.2. The molecule has 0 spiro atoms. The summed E-state index contributed by atoms with van der Waals surface area (Å²) in [5.74, 6) is -2.46. The van der Waals surface area contributed by atoms with Crippen molar-refractivity contribution >= 4 is 11.4 Å². The zero-order valence-electron chi connectivity index (χ0n) is 10.4. The molecule has 1 N–H and O–H groups in total. The van der Waals surface area contributed by atoms with Crippen LogP contribution in [-0.4, -0.2) is 14.9 Å². The molecular weight excluding hydrogens is 270 g/mol. The summed E-state index contributed by atoms with van der Waals surface area (Å²) in [5.41, 5.74) is -0.599. The zero-order chi connectivity index (χ0) is 14.7. The van der Waals surface area contributed by atoms with E-state index in [0.717, 1.165) is 6.07 Å². The third-order valence-corrected chi connectivity index (χ3v) is 2.66. The molecule has 1 atom stereocenters. The molecule has 0 fully saturated rings. The van der Waals surface area contributed by atoms with Crippen LogP contribution in [0.5, 0.6) is 0 Å².